The SMILES string of the molecule is C.CN(C)CCCN.COc1nc(Cl)nc(OC)c1[N+](=O)[O-].COc1nc(NCCCN(C)C)nc(OC)c1N.COc1nc(NCCCN(C)C)nc(OC)c1[N+](=O)[O-]. The summed E-state index contributed by atoms with van der Waals surface area (Å²) in [6.45, 7) is 5.23. The fourth-order valence-electron chi connectivity index (χ4n) is 4.18. The summed E-state index contributed by atoms with van der Waals surface area (Å²) in [5, 5.41) is 27.5. The summed E-state index contributed by atoms with van der Waals surface area (Å²) < 4.78 is 29.3. The smallest absolute Gasteiger partial charge is 0.392 e. The zero-order valence-electron chi connectivity index (χ0n) is 35.9. The number of nitrogens with one attached hydrogen (secondary N) is 2. The average molecular weight is 878 g/mol. The minimum absolute atomic E-state index is 0. The van der Waals surface area contributed by atoms with Gasteiger partial charge in [0.15, 0.2) is 5.69 Å². The fourth-order valence-corrected chi connectivity index (χ4v) is 4.34. The van der Waals surface area contributed by atoms with E-state index in [0.29, 0.717) is 29.9 Å². The first kappa shape index (κ1) is 56.5. The van der Waals surface area contributed by atoms with E-state index in [1.807, 2.05) is 28.2 Å². The number of anilines is 3. The van der Waals surface area contributed by atoms with Gasteiger partial charge in [-0.2, -0.15) is 29.9 Å². The van der Waals surface area contributed by atoms with Crippen LogP contribution in [0.1, 0.15) is 26.7 Å². The number of nitrogens with zero attached hydrogens (tertiary/aromatic N) is 11. The number of hydrogen-bond donors (Lipinski definition) is 4. The Balaban J connectivity index is 0. The van der Waals surface area contributed by atoms with E-state index in [2.05, 4.69) is 78.8 Å². The molecule has 3 aromatic heterocycles. The van der Waals surface area contributed by atoms with E-state index in [4.69, 9.17) is 42.0 Å². The summed E-state index contributed by atoms with van der Waals surface area (Å²) >= 11 is 5.48. The molecule has 0 aliphatic heterocycles. The first-order chi connectivity index (χ1) is 27.9. The van der Waals surface area contributed by atoms with Gasteiger partial charge in [0, 0.05) is 13.1 Å². The van der Waals surface area contributed by atoms with Crippen LogP contribution in [0.25, 0.3) is 0 Å². The Kier molecular flexibility index (Phi) is 29.5. The molecule has 0 aromatic carbocycles. The molecule has 60 heavy (non-hydrogen) atoms. The van der Waals surface area contributed by atoms with Crippen LogP contribution >= 0.6 is 11.6 Å². The zero-order chi connectivity index (χ0) is 45.1. The minimum Gasteiger partial charge on any atom is -0.479 e. The third kappa shape index (κ3) is 21.4. The second kappa shape index (κ2) is 31.3. The molecule has 0 saturated carbocycles. The maximum absolute atomic E-state index is 10.9. The number of hydrogen-bond acceptors (Lipinski definition) is 23. The van der Waals surface area contributed by atoms with E-state index in [-0.39, 0.29) is 47.9 Å². The summed E-state index contributed by atoms with van der Waals surface area (Å²) in [6, 6.07) is 0. The maximum Gasteiger partial charge on any atom is 0.392 e. The van der Waals surface area contributed by atoms with E-state index < -0.39 is 15.5 Å². The lowest BCUT2D eigenvalue weighted by Gasteiger charge is -2.12. The molecule has 0 fully saturated rings. The van der Waals surface area contributed by atoms with Crippen molar-refractivity contribution in [2.45, 2.75) is 26.7 Å². The average Bonchev–Trinajstić information content (AvgIpc) is 3.20. The number of rotatable bonds is 21. The van der Waals surface area contributed by atoms with E-state index in [1.54, 1.807) is 0 Å². The number of nitrogens with two attached hydrogens (primary N) is 2. The van der Waals surface area contributed by atoms with Crippen LogP contribution in [-0.4, -0.2) is 179 Å². The van der Waals surface area contributed by atoms with Crippen LogP contribution in [0, 0.1) is 20.2 Å². The Morgan fingerprint density at radius 3 is 1.10 bits per heavy atom. The van der Waals surface area contributed by atoms with Crippen LogP contribution in [0.4, 0.5) is 29.0 Å². The Morgan fingerprint density at radius 2 is 0.850 bits per heavy atom. The van der Waals surface area contributed by atoms with E-state index in [9.17, 15) is 20.2 Å². The van der Waals surface area contributed by atoms with Gasteiger partial charge in [-0.25, -0.2) is 0 Å². The summed E-state index contributed by atoms with van der Waals surface area (Å²) in [5.41, 5.74) is 10.5. The second-order valence-electron chi connectivity index (χ2n) is 12.4. The van der Waals surface area contributed by atoms with Gasteiger partial charge in [-0.05, 0) is 99.3 Å². The quantitative estimate of drug-likeness (QED) is 0.0517. The fraction of sp³-hybridized carbons (Fsp3) is 0.647. The second-order valence-corrected chi connectivity index (χ2v) is 12.7. The minimum atomic E-state index is -0.700. The molecule has 3 heterocycles. The molecule has 0 atom stereocenters. The Bertz CT molecular complexity index is 1620. The van der Waals surface area contributed by atoms with Gasteiger partial charge in [0.1, 0.15) is 0 Å². The van der Waals surface area contributed by atoms with Crippen molar-refractivity contribution < 1.29 is 38.3 Å². The summed E-state index contributed by atoms with van der Waals surface area (Å²) in [5.74, 6) is 0.612. The molecule has 0 unspecified atom stereocenters. The van der Waals surface area contributed by atoms with E-state index in [0.717, 1.165) is 52.0 Å². The molecule has 26 heteroatoms. The van der Waals surface area contributed by atoms with Crippen LogP contribution in [-0.2, 0) is 0 Å². The molecule has 3 aromatic rings. The molecule has 0 saturated heterocycles. The Hall–Kier alpha value is -5.63. The first-order valence-electron chi connectivity index (χ1n) is 17.8. The number of ether oxygens (including phenoxy) is 6. The molecule has 3 rings (SSSR count). The number of nitro groups is 2. The monoisotopic (exact) mass is 877 g/mol. The van der Waals surface area contributed by atoms with Crippen molar-refractivity contribution in [1.82, 2.24) is 44.6 Å². The third-order valence-corrected chi connectivity index (χ3v) is 7.12. The van der Waals surface area contributed by atoms with Crippen LogP contribution in [0.15, 0.2) is 0 Å². The standard InChI is InChI=1S/C11H19N5O4.C11H21N5O2.C6H6ClN3O4.C5H14N2.CH4/c1-15(2)7-5-6-12-11-13-9(19-3)8(16(17)18)10(14-11)20-4;1-16(2)7-5-6-13-11-14-9(17-3)8(12)10(15-11)18-4;1-13-4-3(10(11)12)5(14-2)9-6(7)8-4;1-7(2)5-3-4-6;/h5-7H2,1-4H3,(H,12,13,14);5-7,12H2,1-4H3,(H,13,14,15);1-2H3;3-6H2,1-2H3;1H4. The summed E-state index contributed by atoms with van der Waals surface area (Å²) in [6.07, 6.45) is 2.98. The molecule has 342 valence electrons. The van der Waals surface area contributed by atoms with E-state index in [1.165, 1.54) is 42.7 Å². The number of nitrogen functional groups attached to an aromatic ring is 1. The lowest BCUT2D eigenvalue weighted by atomic mass is 10.4. The molecule has 0 aliphatic carbocycles. The molecular weight excluding hydrogens is 814 g/mol. The third-order valence-electron chi connectivity index (χ3n) is 6.95. The van der Waals surface area contributed by atoms with Crippen molar-refractivity contribution in [1.29, 1.82) is 0 Å². The summed E-state index contributed by atoms with van der Waals surface area (Å²) in [4.78, 5) is 49.8. The number of aromatic nitrogens is 6. The van der Waals surface area contributed by atoms with Crippen LogP contribution < -0.4 is 50.5 Å². The molecule has 0 bridgehead atoms. The van der Waals surface area contributed by atoms with Crippen LogP contribution in [0.5, 0.6) is 35.3 Å². The highest BCUT2D eigenvalue weighted by atomic mass is 35.5. The van der Waals surface area contributed by atoms with Crippen LogP contribution in [0.2, 0.25) is 5.28 Å². The summed E-state index contributed by atoms with van der Waals surface area (Å²) in [7, 11) is 20.2. The molecule has 0 spiro atoms. The van der Waals surface area contributed by atoms with Crippen molar-refractivity contribution in [3.63, 3.8) is 0 Å². The highest BCUT2D eigenvalue weighted by molar-refractivity contribution is 6.28. The predicted molar refractivity (Wildman–Crippen MR) is 230 cm³/mol. The van der Waals surface area contributed by atoms with Gasteiger partial charge in [0.2, 0.25) is 28.9 Å². The first-order valence-corrected chi connectivity index (χ1v) is 18.1. The van der Waals surface area contributed by atoms with Gasteiger partial charge < -0.3 is 65.2 Å². The van der Waals surface area contributed by atoms with Gasteiger partial charge in [0.25, 0.3) is 0 Å². The largest absolute Gasteiger partial charge is 0.479 e. The highest BCUT2D eigenvalue weighted by Crippen LogP contribution is 2.35. The predicted octanol–water partition coefficient (Wildman–Crippen LogP) is 2.79. The van der Waals surface area contributed by atoms with Crippen molar-refractivity contribution >= 4 is 40.6 Å². The molecule has 0 aliphatic rings. The Labute approximate surface area is 356 Å². The number of halogens is 1. The van der Waals surface area contributed by atoms with Gasteiger partial charge in [-0.1, -0.05) is 7.43 Å². The van der Waals surface area contributed by atoms with Crippen molar-refractivity contribution in [3.05, 3.63) is 25.5 Å². The lowest BCUT2D eigenvalue weighted by Crippen LogP contribution is -2.17. The maximum atomic E-state index is 10.9. The van der Waals surface area contributed by atoms with Crippen molar-refractivity contribution in [3.8, 4) is 35.3 Å². The van der Waals surface area contributed by atoms with Crippen LogP contribution in [0.3, 0.4) is 0 Å². The molecule has 6 N–H and O–H groups in total. The Morgan fingerprint density at radius 1 is 0.567 bits per heavy atom. The highest BCUT2D eigenvalue weighted by Gasteiger charge is 2.27. The zero-order valence-corrected chi connectivity index (χ0v) is 36.7. The molecule has 0 radical (unpaired) electrons. The molecule has 0 amide bonds. The van der Waals surface area contributed by atoms with Crippen molar-refractivity contribution in [2.24, 2.45) is 5.73 Å². The van der Waals surface area contributed by atoms with Gasteiger partial charge in [-0.15, -0.1) is 0 Å². The topological polar surface area (TPSA) is 305 Å². The lowest BCUT2D eigenvalue weighted by molar-refractivity contribution is -0.387. The van der Waals surface area contributed by atoms with Crippen molar-refractivity contribution in [2.75, 3.05) is 141 Å². The normalized spacial score (nSPS) is 10.1. The van der Waals surface area contributed by atoms with Gasteiger partial charge >= 0.3 is 34.9 Å². The number of methoxy groups -OCH3 is 6. The molecule has 25 nitrogen and oxygen atoms in total. The van der Waals surface area contributed by atoms with Gasteiger partial charge in [0.05, 0.1) is 52.5 Å². The van der Waals surface area contributed by atoms with Gasteiger partial charge in [-0.3, -0.25) is 20.2 Å². The molecular formula is C34H64ClN15O10. The van der Waals surface area contributed by atoms with E-state index >= 15 is 0 Å².